The van der Waals surface area contributed by atoms with Crippen LogP contribution in [-0.2, 0) is 17.9 Å². The van der Waals surface area contributed by atoms with E-state index in [9.17, 15) is 4.79 Å². The second-order valence-electron chi connectivity index (χ2n) is 6.54. The van der Waals surface area contributed by atoms with Crippen LogP contribution in [0.15, 0.2) is 16.8 Å². The summed E-state index contributed by atoms with van der Waals surface area (Å²) in [4.78, 5) is 21.0. The first-order valence-corrected chi connectivity index (χ1v) is 9.34. The van der Waals surface area contributed by atoms with Crippen LogP contribution < -0.4 is 0 Å². The molecular weight excluding hydrogens is 322 g/mol. The largest absolute Gasteiger partial charge is 0.340 e. The third-order valence-electron chi connectivity index (χ3n) is 4.61. The molecule has 1 amide bonds. The van der Waals surface area contributed by atoms with Crippen LogP contribution in [0, 0.1) is 13.8 Å². The fraction of sp³-hybridized carbons (Fsp3) is 0.588. The molecule has 130 valence electrons. The third kappa shape index (κ3) is 4.02. The maximum atomic E-state index is 12.5. The Kier molecular flexibility index (Phi) is 5.30. The summed E-state index contributed by atoms with van der Waals surface area (Å²) >= 11 is 1.67. The highest BCUT2D eigenvalue weighted by atomic mass is 32.1. The molecule has 0 bridgehead atoms. The van der Waals surface area contributed by atoms with Gasteiger partial charge in [-0.1, -0.05) is 0 Å². The van der Waals surface area contributed by atoms with Crippen LogP contribution in [0.4, 0.5) is 0 Å². The third-order valence-corrected chi connectivity index (χ3v) is 5.34. The van der Waals surface area contributed by atoms with Crippen molar-refractivity contribution in [3.8, 4) is 0 Å². The summed E-state index contributed by atoms with van der Waals surface area (Å²) in [5.41, 5.74) is 1.20. The Labute approximate surface area is 147 Å². The SMILES string of the molecule is Cc1nc(C)n(C[C@H]2CCCN2CC(=O)N(C)Cc2ccsc2)n1. The topological polar surface area (TPSA) is 54.3 Å². The van der Waals surface area contributed by atoms with E-state index < -0.39 is 0 Å². The number of likely N-dealkylation sites (N-methyl/N-ethyl adjacent to an activating group) is 1. The van der Waals surface area contributed by atoms with E-state index in [2.05, 4.69) is 26.4 Å². The molecular formula is C17H25N5OS. The molecule has 0 spiro atoms. The predicted molar refractivity (Wildman–Crippen MR) is 94.9 cm³/mol. The molecule has 1 fully saturated rings. The fourth-order valence-corrected chi connectivity index (χ4v) is 3.94. The molecule has 6 nitrogen and oxygen atoms in total. The molecule has 1 atom stereocenters. The number of hydrogen-bond acceptors (Lipinski definition) is 5. The zero-order chi connectivity index (χ0) is 17.1. The first-order chi connectivity index (χ1) is 11.5. The minimum atomic E-state index is 0.180. The summed E-state index contributed by atoms with van der Waals surface area (Å²) in [6.07, 6.45) is 2.25. The molecule has 0 aromatic carbocycles. The van der Waals surface area contributed by atoms with E-state index in [1.54, 1.807) is 11.3 Å². The van der Waals surface area contributed by atoms with Crippen LogP contribution in [0.3, 0.4) is 0 Å². The van der Waals surface area contributed by atoms with E-state index >= 15 is 0 Å². The lowest BCUT2D eigenvalue weighted by molar-refractivity contribution is -0.131. The lowest BCUT2D eigenvalue weighted by Crippen LogP contribution is -2.42. The van der Waals surface area contributed by atoms with Crippen molar-refractivity contribution in [1.29, 1.82) is 0 Å². The lowest BCUT2D eigenvalue weighted by Gasteiger charge is -2.26. The summed E-state index contributed by atoms with van der Waals surface area (Å²) in [6.45, 7) is 6.86. The quantitative estimate of drug-likeness (QED) is 0.803. The van der Waals surface area contributed by atoms with E-state index in [0.29, 0.717) is 19.1 Å². The number of carbonyl (C=O) groups is 1. The van der Waals surface area contributed by atoms with Gasteiger partial charge in [-0.15, -0.1) is 0 Å². The van der Waals surface area contributed by atoms with Gasteiger partial charge < -0.3 is 4.90 Å². The van der Waals surface area contributed by atoms with Crippen molar-refractivity contribution in [1.82, 2.24) is 24.6 Å². The zero-order valence-electron chi connectivity index (χ0n) is 14.6. The van der Waals surface area contributed by atoms with Crippen molar-refractivity contribution in [3.63, 3.8) is 0 Å². The Hall–Kier alpha value is -1.73. The molecule has 3 rings (SSSR count). The smallest absolute Gasteiger partial charge is 0.236 e. The van der Waals surface area contributed by atoms with Gasteiger partial charge in [0.2, 0.25) is 5.91 Å². The molecule has 1 aliphatic rings. The van der Waals surface area contributed by atoms with Crippen molar-refractivity contribution >= 4 is 17.2 Å². The van der Waals surface area contributed by atoms with Crippen LogP contribution in [0.25, 0.3) is 0 Å². The molecule has 7 heteroatoms. The molecule has 2 aromatic heterocycles. The number of aryl methyl sites for hydroxylation is 2. The van der Waals surface area contributed by atoms with Gasteiger partial charge in [0.05, 0.1) is 13.1 Å². The van der Waals surface area contributed by atoms with E-state index in [1.807, 2.05) is 35.9 Å². The maximum absolute atomic E-state index is 12.5. The van der Waals surface area contributed by atoms with Crippen LogP contribution in [0.1, 0.15) is 30.1 Å². The van der Waals surface area contributed by atoms with Gasteiger partial charge >= 0.3 is 0 Å². The van der Waals surface area contributed by atoms with Crippen molar-refractivity contribution in [3.05, 3.63) is 34.0 Å². The molecule has 0 saturated carbocycles. The maximum Gasteiger partial charge on any atom is 0.236 e. The molecule has 3 heterocycles. The number of aromatic nitrogens is 3. The summed E-state index contributed by atoms with van der Waals surface area (Å²) in [6, 6.07) is 2.44. The molecule has 24 heavy (non-hydrogen) atoms. The summed E-state index contributed by atoms with van der Waals surface area (Å²) < 4.78 is 1.97. The van der Waals surface area contributed by atoms with E-state index in [1.165, 1.54) is 5.56 Å². The van der Waals surface area contributed by atoms with Crippen molar-refractivity contribution in [2.75, 3.05) is 20.1 Å². The van der Waals surface area contributed by atoms with E-state index in [4.69, 9.17) is 0 Å². The highest BCUT2D eigenvalue weighted by Crippen LogP contribution is 2.19. The molecule has 0 N–H and O–H groups in total. The lowest BCUT2D eigenvalue weighted by atomic mass is 10.2. The second-order valence-corrected chi connectivity index (χ2v) is 7.32. The number of nitrogens with zero attached hydrogens (tertiary/aromatic N) is 5. The molecule has 1 saturated heterocycles. The summed E-state index contributed by atoms with van der Waals surface area (Å²) in [5.74, 6) is 1.93. The number of amides is 1. The Morgan fingerprint density at radius 3 is 2.96 bits per heavy atom. The molecule has 2 aromatic rings. The number of rotatable bonds is 6. The zero-order valence-corrected chi connectivity index (χ0v) is 15.4. The van der Waals surface area contributed by atoms with Crippen LogP contribution >= 0.6 is 11.3 Å². The van der Waals surface area contributed by atoms with E-state index in [-0.39, 0.29) is 5.91 Å². The fourth-order valence-electron chi connectivity index (χ4n) is 3.28. The van der Waals surface area contributed by atoms with Crippen molar-refractivity contribution in [2.24, 2.45) is 0 Å². The molecule has 1 aliphatic heterocycles. The van der Waals surface area contributed by atoms with Crippen LogP contribution in [0.2, 0.25) is 0 Å². The summed E-state index contributed by atoms with van der Waals surface area (Å²) in [7, 11) is 1.88. The number of thiophene rings is 1. The molecule has 0 radical (unpaired) electrons. The Bertz CT molecular complexity index is 681. The van der Waals surface area contributed by atoms with Gasteiger partial charge in [-0.05, 0) is 55.6 Å². The highest BCUT2D eigenvalue weighted by Gasteiger charge is 2.28. The number of carbonyl (C=O) groups excluding carboxylic acids is 1. The number of likely N-dealkylation sites (tertiary alicyclic amines) is 1. The minimum Gasteiger partial charge on any atom is -0.340 e. The Balaban J connectivity index is 1.57. The first-order valence-electron chi connectivity index (χ1n) is 8.40. The highest BCUT2D eigenvalue weighted by molar-refractivity contribution is 7.07. The van der Waals surface area contributed by atoms with Gasteiger partial charge in [0, 0.05) is 19.6 Å². The Morgan fingerprint density at radius 2 is 2.29 bits per heavy atom. The monoisotopic (exact) mass is 347 g/mol. The van der Waals surface area contributed by atoms with Gasteiger partial charge in [0.15, 0.2) is 0 Å². The Morgan fingerprint density at radius 1 is 1.46 bits per heavy atom. The number of hydrogen-bond donors (Lipinski definition) is 0. The molecule has 0 unspecified atom stereocenters. The second kappa shape index (κ2) is 7.44. The average Bonchev–Trinajstić information content (AvgIpc) is 3.24. The predicted octanol–water partition coefficient (Wildman–Crippen LogP) is 2.08. The first kappa shape index (κ1) is 17.1. The average molecular weight is 347 g/mol. The van der Waals surface area contributed by atoms with Crippen molar-refractivity contribution < 1.29 is 4.79 Å². The summed E-state index contributed by atoms with van der Waals surface area (Å²) in [5, 5.41) is 8.60. The normalized spacial score (nSPS) is 18.2. The van der Waals surface area contributed by atoms with Gasteiger partial charge in [-0.25, -0.2) is 9.67 Å². The standard InChI is InChI=1S/C17H25N5OS/c1-13-18-14(2)22(19-13)10-16-5-4-7-21(16)11-17(23)20(3)9-15-6-8-24-12-15/h6,8,12,16H,4-5,7,9-11H2,1-3H3/t16-/m1/s1. The molecule has 0 aliphatic carbocycles. The van der Waals surface area contributed by atoms with Gasteiger partial charge in [0.25, 0.3) is 0 Å². The van der Waals surface area contributed by atoms with Crippen LogP contribution in [0.5, 0.6) is 0 Å². The van der Waals surface area contributed by atoms with Gasteiger partial charge in [-0.2, -0.15) is 16.4 Å². The van der Waals surface area contributed by atoms with Gasteiger partial charge in [0.1, 0.15) is 11.6 Å². The van der Waals surface area contributed by atoms with E-state index in [0.717, 1.165) is 37.6 Å². The van der Waals surface area contributed by atoms with Gasteiger partial charge in [-0.3, -0.25) is 9.69 Å². The minimum absolute atomic E-state index is 0.180. The van der Waals surface area contributed by atoms with Crippen LogP contribution in [-0.4, -0.2) is 56.7 Å². The van der Waals surface area contributed by atoms with Crippen molar-refractivity contribution in [2.45, 2.75) is 45.8 Å².